The van der Waals surface area contributed by atoms with Crippen molar-refractivity contribution in [3.05, 3.63) is 23.8 Å². The van der Waals surface area contributed by atoms with Crippen LogP contribution in [0.1, 0.15) is 30.9 Å². The smallest absolute Gasteiger partial charge is 0.237 e. The summed E-state index contributed by atoms with van der Waals surface area (Å²) in [5.74, 6) is 1.15. The fourth-order valence-electron chi connectivity index (χ4n) is 2.54. The number of carbonyl (C=O) groups excluding carboxylic acids is 1. The number of benzene rings is 1. The monoisotopic (exact) mass is 308 g/mol. The Morgan fingerprint density at radius 3 is 2.55 bits per heavy atom. The first kappa shape index (κ1) is 16.6. The minimum atomic E-state index is -0.809. The van der Waals surface area contributed by atoms with Crippen molar-refractivity contribution >= 4 is 5.91 Å². The molecule has 0 radical (unpaired) electrons. The maximum absolute atomic E-state index is 12.0. The third-order valence-corrected chi connectivity index (χ3v) is 3.85. The summed E-state index contributed by atoms with van der Waals surface area (Å²) in [7, 11) is 3.11. The fourth-order valence-corrected chi connectivity index (χ4v) is 2.54. The van der Waals surface area contributed by atoms with Gasteiger partial charge in [-0.1, -0.05) is 6.42 Å². The molecule has 22 heavy (non-hydrogen) atoms. The Kier molecular flexibility index (Phi) is 6.03. The Morgan fingerprint density at radius 1 is 1.32 bits per heavy atom. The van der Waals surface area contributed by atoms with E-state index in [0.717, 1.165) is 25.8 Å². The predicted molar refractivity (Wildman–Crippen MR) is 83.2 cm³/mol. The van der Waals surface area contributed by atoms with Crippen LogP contribution in [-0.4, -0.2) is 44.4 Å². The summed E-state index contributed by atoms with van der Waals surface area (Å²) < 4.78 is 10.4. The number of carbonyl (C=O) groups is 1. The van der Waals surface area contributed by atoms with Gasteiger partial charge in [0.1, 0.15) is 11.5 Å². The molecule has 0 aromatic heterocycles. The highest BCUT2D eigenvalue weighted by atomic mass is 16.5. The SMILES string of the molecule is COc1cc(OC)cc(C(O)CNC(=O)C2CCCCN2)c1. The summed E-state index contributed by atoms with van der Waals surface area (Å²) in [4.78, 5) is 12.0. The summed E-state index contributed by atoms with van der Waals surface area (Å²) >= 11 is 0. The topological polar surface area (TPSA) is 79.8 Å². The van der Waals surface area contributed by atoms with Crippen molar-refractivity contribution < 1.29 is 19.4 Å². The average molecular weight is 308 g/mol. The molecule has 1 fully saturated rings. The predicted octanol–water partition coefficient (Wildman–Crippen LogP) is 0.995. The quantitative estimate of drug-likeness (QED) is 0.730. The molecule has 6 nitrogen and oxygen atoms in total. The molecule has 122 valence electrons. The van der Waals surface area contributed by atoms with E-state index >= 15 is 0 Å². The van der Waals surface area contributed by atoms with Crippen LogP contribution in [0.5, 0.6) is 11.5 Å². The van der Waals surface area contributed by atoms with Gasteiger partial charge in [-0.2, -0.15) is 0 Å². The number of aliphatic hydroxyl groups is 1. The highest BCUT2D eigenvalue weighted by molar-refractivity contribution is 5.81. The maximum Gasteiger partial charge on any atom is 0.237 e. The van der Waals surface area contributed by atoms with E-state index in [2.05, 4.69) is 10.6 Å². The van der Waals surface area contributed by atoms with Crippen LogP contribution in [-0.2, 0) is 4.79 Å². The number of hydrogen-bond acceptors (Lipinski definition) is 5. The van der Waals surface area contributed by atoms with Gasteiger partial charge in [-0.15, -0.1) is 0 Å². The van der Waals surface area contributed by atoms with Crippen LogP contribution in [0, 0.1) is 0 Å². The summed E-state index contributed by atoms with van der Waals surface area (Å²) in [5, 5.41) is 16.2. The molecule has 1 aromatic carbocycles. The molecule has 3 N–H and O–H groups in total. The summed E-state index contributed by atoms with van der Waals surface area (Å²) in [6.07, 6.45) is 2.20. The van der Waals surface area contributed by atoms with Crippen LogP contribution in [0.15, 0.2) is 18.2 Å². The van der Waals surface area contributed by atoms with Gasteiger partial charge in [-0.25, -0.2) is 0 Å². The Hall–Kier alpha value is -1.79. The molecule has 0 bridgehead atoms. The number of methoxy groups -OCH3 is 2. The van der Waals surface area contributed by atoms with Crippen LogP contribution in [0.25, 0.3) is 0 Å². The molecular formula is C16H24N2O4. The third kappa shape index (κ3) is 4.35. The molecule has 6 heteroatoms. The van der Waals surface area contributed by atoms with Crippen LogP contribution >= 0.6 is 0 Å². The summed E-state index contributed by atoms with van der Waals surface area (Å²) in [5.41, 5.74) is 0.646. The van der Waals surface area contributed by atoms with Gasteiger partial charge in [0.2, 0.25) is 5.91 Å². The van der Waals surface area contributed by atoms with Gasteiger partial charge in [0.25, 0.3) is 0 Å². The standard InChI is InChI=1S/C16H24N2O4/c1-21-12-7-11(8-13(9-12)22-2)15(19)10-18-16(20)14-5-3-4-6-17-14/h7-9,14-15,17,19H,3-6,10H2,1-2H3,(H,18,20). The average Bonchev–Trinajstić information content (AvgIpc) is 2.59. The molecule has 1 aromatic rings. The number of piperidine rings is 1. The lowest BCUT2D eigenvalue weighted by atomic mass is 10.0. The lowest BCUT2D eigenvalue weighted by Gasteiger charge is -2.23. The number of aliphatic hydroxyl groups excluding tert-OH is 1. The van der Waals surface area contributed by atoms with E-state index in [-0.39, 0.29) is 18.5 Å². The molecule has 1 aliphatic heterocycles. The van der Waals surface area contributed by atoms with Gasteiger partial charge in [-0.05, 0) is 37.1 Å². The molecule has 0 saturated carbocycles. The van der Waals surface area contributed by atoms with Crippen molar-refractivity contribution in [1.82, 2.24) is 10.6 Å². The van der Waals surface area contributed by atoms with Gasteiger partial charge >= 0.3 is 0 Å². The number of rotatable bonds is 6. The molecule has 2 atom stereocenters. The number of amides is 1. The van der Waals surface area contributed by atoms with Crippen molar-refractivity contribution in [2.24, 2.45) is 0 Å². The second-order valence-corrected chi connectivity index (χ2v) is 5.41. The van der Waals surface area contributed by atoms with E-state index in [1.165, 1.54) is 0 Å². The van der Waals surface area contributed by atoms with Crippen LogP contribution in [0.2, 0.25) is 0 Å². The highest BCUT2D eigenvalue weighted by Gasteiger charge is 2.21. The zero-order valence-electron chi connectivity index (χ0n) is 13.1. The third-order valence-electron chi connectivity index (χ3n) is 3.85. The first-order chi connectivity index (χ1) is 10.6. The first-order valence-corrected chi connectivity index (χ1v) is 7.56. The van der Waals surface area contributed by atoms with Crippen molar-refractivity contribution in [1.29, 1.82) is 0 Å². The van der Waals surface area contributed by atoms with Gasteiger partial charge in [-0.3, -0.25) is 4.79 Å². The van der Waals surface area contributed by atoms with Crippen LogP contribution < -0.4 is 20.1 Å². The normalized spacial score (nSPS) is 19.3. The molecule has 0 aliphatic carbocycles. The number of ether oxygens (including phenoxy) is 2. The Labute approximate surface area is 130 Å². The van der Waals surface area contributed by atoms with E-state index in [1.807, 2.05) is 0 Å². The second-order valence-electron chi connectivity index (χ2n) is 5.41. The largest absolute Gasteiger partial charge is 0.497 e. The Balaban J connectivity index is 1.93. The van der Waals surface area contributed by atoms with E-state index in [9.17, 15) is 9.90 Å². The molecule has 2 rings (SSSR count). The number of nitrogens with one attached hydrogen (secondary N) is 2. The molecule has 1 saturated heterocycles. The molecular weight excluding hydrogens is 284 g/mol. The summed E-state index contributed by atoms with van der Waals surface area (Å²) in [6.45, 7) is 1.03. The highest BCUT2D eigenvalue weighted by Crippen LogP contribution is 2.26. The molecule has 1 aliphatic rings. The van der Waals surface area contributed by atoms with Gasteiger partial charge in [0.15, 0.2) is 0 Å². The summed E-state index contributed by atoms with van der Waals surface area (Å²) in [6, 6.07) is 5.05. The van der Waals surface area contributed by atoms with Crippen LogP contribution in [0.3, 0.4) is 0 Å². The zero-order valence-corrected chi connectivity index (χ0v) is 13.1. The maximum atomic E-state index is 12.0. The van der Waals surface area contributed by atoms with Gasteiger partial charge in [0.05, 0.1) is 26.4 Å². The van der Waals surface area contributed by atoms with Crippen molar-refractivity contribution in [2.45, 2.75) is 31.4 Å². The van der Waals surface area contributed by atoms with E-state index in [4.69, 9.17) is 9.47 Å². The van der Waals surface area contributed by atoms with Gasteiger partial charge in [0, 0.05) is 12.6 Å². The number of hydrogen-bond donors (Lipinski definition) is 3. The Morgan fingerprint density at radius 2 is 2.00 bits per heavy atom. The van der Waals surface area contributed by atoms with E-state index in [1.54, 1.807) is 32.4 Å². The van der Waals surface area contributed by atoms with Crippen LogP contribution in [0.4, 0.5) is 0 Å². The second kappa shape index (κ2) is 8.00. The molecule has 1 amide bonds. The minimum Gasteiger partial charge on any atom is -0.497 e. The van der Waals surface area contributed by atoms with Crippen molar-refractivity contribution in [3.63, 3.8) is 0 Å². The van der Waals surface area contributed by atoms with Gasteiger partial charge < -0.3 is 25.2 Å². The fraction of sp³-hybridized carbons (Fsp3) is 0.562. The lowest BCUT2D eigenvalue weighted by Crippen LogP contribution is -2.47. The molecule has 1 heterocycles. The molecule has 2 unspecified atom stereocenters. The minimum absolute atomic E-state index is 0.0615. The van der Waals surface area contributed by atoms with Crippen molar-refractivity contribution in [3.8, 4) is 11.5 Å². The lowest BCUT2D eigenvalue weighted by molar-refractivity contribution is -0.124. The van der Waals surface area contributed by atoms with E-state index < -0.39 is 6.10 Å². The zero-order chi connectivity index (χ0) is 15.9. The van der Waals surface area contributed by atoms with E-state index in [0.29, 0.717) is 17.1 Å². The first-order valence-electron chi connectivity index (χ1n) is 7.56. The molecule has 0 spiro atoms. The van der Waals surface area contributed by atoms with Crippen molar-refractivity contribution in [2.75, 3.05) is 27.3 Å². The Bertz CT molecular complexity index is 479.